The number of halogens is 2. The van der Waals surface area contributed by atoms with Gasteiger partial charge in [-0.05, 0) is 35.7 Å². The molecule has 4 rings (SSSR count). The number of carboxylic acid groups (broad SMARTS) is 1. The van der Waals surface area contributed by atoms with E-state index >= 15 is 0 Å². The van der Waals surface area contributed by atoms with Crippen LogP contribution in [0.4, 0.5) is 8.78 Å². The molecule has 4 aliphatic carbocycles. The highest BCUT2D eigenvalue weighted by Gasteiger charge is 2.80. The third-order valence-electron chi connectivity index (χ3n) is 5.31. The van der Waals surface area contributed by atoms with Crippen LogP contribution in [0.1, 0.15) is 33.1 Å². The van der Waals surface area contributed by atoms with Gasteiger partial charge in [0.25, 0.3) is 5.92 Å². The zero-order valence-electron chi connectivity index (χ0n) is 9.96. The summed E-state index contributed by atoms with van der Waals surface area (Å²) in [5, 5.41) is 9.18. The van der Waals surface area contributed by atoms with E-state index in [9.17, 15) is 18.7 Å². The number of alkyl halides is 2. The predicted molar refractivity (Wildman–Crippen MR) is 57.7 cm³/mol. The van der Waals surface area contributed by atoms with E-state index < -0.39 is 23.7 Å². The Bertz CT molecular complexity index is 439. The van der Waals surface area contributed by atoms with Crippen LogP contribution in [0.2, 0.25) is 0 Å². The fourth-order valence-corrected chi connectivity index (χ4v) is 3.78. The molecule has 17 heavy (non-hydrogen) atoms. The molecule has 4 aliphatic rings. The monoisotopic (exact) mass is 242 g/mol. The Morgan fingerprint density at radius 1 is 1.47 bits per heavy atom. The molecule has 0 aromatic carbocycles. The van der Waals surface area contributed by atoms with E-state index in [1.165, 1.54) is 0 Å². The van der Waals surface area contributed by atoms with Crippen molar-refractivity contribution in [1.29, 1.82) is 0 Å². The summed E-state index contributed by atoms with van der Waals surface area (Å²) in [6, 6.07) is 0. The predicted octanol–water partition coefficient (Wildman–Crippen LogP) is 3.09. The van der Waals surface area contributed by atoms with Gasteiger partial charge in [-0.15, -0.1) is 0 Å². The number of hydrogen-bond acceptors (Lipinski definition) is 1. The van der Waals surface area contributed by atoms with E-state index in [1.54, 1.807) is 6.08 Å². The lowest BCUT2D eigenvalue weighted by Crippen LogP contribution is -2.51. The summed E-state index contributed by atoms with van der Waals surface area (Å²) >= 11 is 0. The Labute approximate surface area is 98.7 Å². The Kier molecular flexibility index (Phi) is 1.79. The lowest BCUT2D eigenvalue weighted by atomic mass is 9.47. The Morgan fingerprint density at radius 3 is 2.41 bits per heavy atom. The molecule has 0 heterocycles. The number of allylic oxidation sites excluding steroid dienone is 1. The molecule has 2 fully saturated rings. The summed E-state index contributed by atoms with van der Waals surface area (Å²) in [6.45, 7) is 4.13. The normalized spacial score (nSPS) is 44.6. The standard InChI is InChI=1S/C13H16F2O2/c1-11(2)7-3-4-8(9(11)5-7)12(10(16)17)6-13(12,14)15/h4,7,9H,3,5-6H2,1-2H3,(H,16,17). The number of hydrogen-bond donors (Lipinski definition) is 1. The second-order valence-electron chi connectivity index (χ2n) is 6.29. The topological polar surface area (TPSA) is 37.3 Å². The van der Waals surface area contributed by atoms with E-state index in [-0.39, 0.29) is 11.3 Å². The smallest absolute Gasteiger partial charge is 0.320 e. The lowest BCUT2D eigenvalue weighted by Gasteiger charge is -2.57. The Balaban J connectivity index is 2.01. The van der Waals surface area contributed by atoms with Gasteiger partial charge in [-0.3, -0.25) is 4.79 Å². The molecule has 3 unspecified atom stereocenters. The summed E-state index contributed by atoms with van der Waals surface area (Å²) in [4.78, 5) is 11.3. The number of aliphatic carboxylic acids is 1. The first-order chi connectivity index (χ1) is 7.73. The molecule has 0 saturated heterocycles. The summed E-state index contributed by atoms with van der Waals surface area (Å²) in [6.07, 6.45) is 2.89. The van der Waals surface area contributed by atoms with Crippen LogP contribution >= 0.6 is 0 Å². The van der Waals surface area contributed by atoms with Gasteiger partial charge in [0.05, 0.1) is 0 Å². The van der Waals surface area contributed by atoms with Crippen molar-refractivity contribution in [1.82, 2.24) is 0 Å². The largest absolute Gasteiger partial charge is 0.480 e. The minimum absolute atomic E-state index is 0.00873. The van der Waals surface area contributed by atoms with Gasteiger partial charge in [0, 0.05) is 6.42 Å². The van der Waals surface area contributed by atoms with Gasteiger partial charge < -0.3 is 5.11 Å². The zero-order valence-corrected chi connectivity index (χ0v) is 9.96. The average molecular weight is 242 g/mol. The van der Waals surface area contributed by atoms with Gasteiger partial charge in [-0.1, -0.05) is 19.9 Å². The van der Waals surface area contributed by atoms with E-state index in [4.69, 9.17) is 0 Å². The molecule has 0 aliphatic heterocycles. The number of fused-ring (bicyclic) bond motifs is 1. The molecular weight excluding hydrogens is 226 g/mol. The summed E-state index contributed by atoms with van der Waals surface area (Å²) in [5.74, 6) is -3.83. The Morgan fingerprint density at radius 2 is 2.06 bits per heavy atom. The molecule has 0 aromatic rings. The second-order valence-corrected chi connectivity index (χ2v) is 6.29. The second kappa shape index (κ2) is 2.73. The molecule has 3 atom stereocenters. The first kappa shape index (κ1) is 11.2. The minimum atomic E-state index is -3.05. The molecule has 0 amide bonds. The quantitative estimate of drug-likeness (QED) is 0.755. The van der Waals surface area contributed by atoms with Crippen molar-refractivity contribution < 1.29 is 18.7 Å². The third-order valence-corrected chi connectivity index (χ3v) is 5.31. The molecule has 2 saturated carbocycles. The molecule has 0 spiro atoms. The van der Waals surface area contributed by atoms with Crippen molar-refractivity contribution in [2.24, 2.45) is 22.7 Å². The number of rotatable bonds is 2. The molecule has 0 aromatic heterocycles. The van der Waals surface area contributed by atoms with Crippen molar-refractivity contribution in [2.45, 2.75) is 39.0 Å². The maximum absolute atomic E-state index is 13.5. The molecular formula is C13H16F2O2. The fourth-order valence-electron chi connectivity index (χ4n) is 3.78. The average Bonchev–Trinajstić information content (AvgIpc) is 2.83. The van der Waals surface area contributed by atoms with Gasteiger partial charge in [-0.2, -0.15) is 0 Å². The maximum atomic E-state index is 13.5. The van der Waals surface area contributed by atoms with Crippen LogP contribution in [0.3, 0.4) is 0 Å². The fraction of sp³-hybridized carbons (Fsp3) is 0.769. The van der Waals surface area contributed by atoms with Crippen LogP contribution < -0.4 is 0 Å². The van der Waals surface area contributed by atoms with Crippen molar-refractivity contribution in [3.8, 4) is 0 Å². The van der Waals surface area contributed by atoms with E-state index in [2.05, 4.69) is 13.8 Å². The van der Waals surface area contributed by atoms with E-state index in [1.807, 2.05) is 0 Å². The zero-order chi connectivity index (χ0) is 12.6. The molecule has 2 nitrogen and oxygen atoms in total. The SMILES string of the molecule is CC1(C)C2CC=C(C3(C(=O)O)CC3(F)F)C1C2. The van der Waals surface area contributed by atoms with Gasteiger partial charge in [-0.25, -0.2) is 8.78 Å². The van der Waals surface area contributed by atoms with Crippen LogP contribution in [0, 0.1) is 22.7 Å². The maximum Gasteiger partial charge on any atom is 0.320 e. The highest BCUT2D eigenvalue weighted by molar-refractivity contribution is 5.85. The van der Waals surface area contributed by atoms with E-state index in [0.29, 0.717) is 11.5 Å². The highest BCUT2D eigenvalue weighted by atomic mass is 19.3. The van der Waals surface area contributed by atoms with Crippen LogP contribution in [-0.2, 0) is 4.79 Å². The number of carboxylic acids is 1. The number of carbonyl (C=O) groups is 1. The minimum Gasteiger partial charge on any atom is -0.480 e. The molecule has 1 N–H and O–H groups in total. The van der Waals surface area contributed by atoms with Gasteiger partial charge >= 0.3 is 5.97 Å². The summed E-state index contributed by atoms with van der Waals surface area (Å²) in [7, 11) is 0. The van der Waals surface area contributed by atoms with Crippen molar-refractivity contribution in [2.75, 3.05) is 0 Å². The molecule has 2 bridgehead atoms. The first-order valence-electron chi connectivity index (χ1n) is 6.05. The lowest BCUT2D eigenvalue weighted by molar-refractivity contribution is -0.147. The highest BCUT2D eigenvalue weighted by Crippen LogP contribution is 2.72. The summed E-state index contributed by atoms with van der Waals surface area (Å²) in [5.41, 5.74) is -1.38. The van der Waals surface area contributed by atoms with Gasteiger partial charge in [0.15, 0.2) is 5.41 Å². The Hall–Kier alpha value is -0.930. The van der Waals surface area contributed by atoms with Crippen molar-refractivity contribution in [3.05, 3.63) is 11.6 Å². The van der Waals surface area contributed by atoms with Gasteiger partial charge in [0.1, 0.15) is 0 Å². The van der Waals surface area contributed by atoms with Crippen LogP contribution in [-0.4, -0.2) is 17.0 Å². The van der Waals surface area contributed by atoms with Crippen LogP contribution in [0.25, 0.3) is 0 Å². The van der Waals surface area contributed by atoms with Crippen LogP contribution in [0.15, 0.2) is 11.6 Å². The van der Waals surface area contributed by atoms with Crippen LogP contribution in [0.5, 0.6) is 0 Å². The molecule has 94 valence electrons. The molecule has 0 radical (unpaired) electrons. The first-order valence-corrected chi connectivity index (χ1v) is 6.05. The van der Waals surface area contributed by atoms with E-state index in [0.717, 1.165) is 12.8 Å². The molecule has 4 heteroatoms. The van der Waals surface area contributed by atoms with Gasteiger partial charge in [0.2, 0.25) is 0 Å². The third kappa shape index (κ3) is 1.07. The van der Waals surface area contributed by atoms with Crippen molar-refractivity contribution >= 4 is 5.97 Å². The van der Waals surface area contributed by atoms with Crippen molar-refractivity contribution in [3.63, 3.8) is 0 Å². The summed E-state index contributed by atoms with van der Waals surface area (Å²) < 4.78 is 27.0.